The fourth-order valence-corrected chi connectivity index (χ4v) is 1.78. The third-order valence-electron chi connectivity index (χ3n) is 2.72. The summed E-state index contributed by atoms with van der Waals surface area (Å²) < 4.78 is 5.03. The number of ether oxygens (including phenoxy) is 1. The van der Waals surface area contributed by atoms with E-state index in [1.807, 2.05) is 37.3 Å². The van der Waals surface area contributed by atoms with Crippen molar-refractivity contribution in [3.8, 4) is 0 Å². The maximum atomic E-state index is 12.0. The lowest BCUT2D eigenvalue weighted by molar-refractivity contribution is -0.146. The van der Waals surface area contributed by atoms with Crippen LogP contribution in [0.15, 0.2) is 43.0 Å². The predicted octanol–water partition coefficient (Wildman–Crippen LogP) is 2.24. The van der Waals surface area contributed by atoms with Gasteiger partial charge in [-0.2, -0.15) is 0 Å². The van der Waals surface area contributed by atoms with E-state index in [4.69, 9.17) is 4.74 Å². The smallest absolute Gasteiger partial charge is 0.329 e. The van der Waals surface area contributed by atoms with Gasteiger partial charge in [-0.3, -0.25) is 4.79 Å². The van der Waals surface area contributed by atoms with Crippen molar-refractivity contribution in [1.29, 1.82) is 0 Å². The molecule has 0 radical (unpaired) electrons. The zero-order chi connectivity index (χ0) is 14.8. The molecular formula is C16H21NO3. The van der Waals surface area contributed by atoms with Crippen molar-refractivity contribution < 1.29 is 14.3 Å². The first-order chi connectivity index (χ1) is 9.67. The van der Waals surface area contributed by atoms with E-state index >= 15 is 0 Å². The molecular weight excluding hydrogens is 254 g/mol. The van der Waals surface area contributed by atoms with Gasteiger partial charge in [0.15, 0.2) is 0 Å². The molecule has 0 bridgehead atoms. The van der Waals surface area contributed by atoms with E-state index in [0.717, 1.165) is 12.0 Å². The van der Waals surface area contributed by atoms with E-state index < -0.39 is 12.0 Å². The Balaban J connectivity index is 2.70. The lowest BCUT2D eigenvalue weighted by Gasteiger charge is -2.17. The van der Waals surface area contributed by atoms with Gasteiger partial charge in [0.25, 0.3) is 0 Å². The second kappa shape index (κ2) is 8.91. The summed E-state index contributed by atoms with van der Waals surface area (Å²) in [5.74, 6) is -0.567. The largest absolute Gasteiger partial charge is 0.460 e. The van der Waals surface area contributed by atoms with Gasteiger partial charge in [0.1, 0.15) is 12.6 Å². The summed E-state index contributed by atoms with van der Waals surface area (Å²) in [5, 5.41) is 2.73. The van der Waals surface area contributed by atoms with Crippen LogP contribution < -0.4 is 5.32 Å². The van der Waals surface area contributed by atoms with Crippen LogP contribution in [0, 0.1) is 0 Å². The van der Waals surface area contributed by atoms with Crippen molar-refractivity contribution in [3.63, 3.8) is 0 Å². The molecule has 4 heteroatoms. The Labute approximate surface area is 119 Å². The molecule has 1 aromatic rings. The molecule has 1 amide bonds. The predicted molar refractivity (Wildman–Crippen MR) is 78.1 cm³/mol. The lowest BCUT2D eigenvalue weighted by atomic mass is 10.1. The van der Waals surface area contributed by atoms with Crippen molar-refractivity contribution in [1.82, 2.24) is 5.32 Å². The standard InChI is InChI=1S/C16H21NO3/c1-3-8-15(18)17-14(16(19)20-11-4-2)12-13-9-6-5-7-10-13/h4-7,9-10,14H,2-3,8,11-12H2,1H3,(H,17,18)/t14-/m0/s1. The Hall–Kier alpha value is -2.10. The highest BCUT2D eigenvalue weighted by Crippen LogP contribution is 2.05. The highest BCUT2D eigenvalue weighted by atomic mass is 16.5. The minimum atomic E-state index is -0.656. The number of esters is 1. The molecule has 4 nitrogen and oxygen atoms in total. The summed E-state index contributed by atoms with van der Waals surface area (Å²) in [6.07, 6.45) is 3.07. The van der Waals surface area contributed by atoms with E-state index in [1.54, 1.807) is 0 Å². The summed E-state index contributed by atoms with van der Waals surface area (Å²) >= 11 is 0. The lowest BCUT2D eigenvalue weighted by Crippen LogP contribution is -2.43. The van der Waals surface area contributed by atoms with Crippen LogP contribution in [0.1, 0.15) is 25.3 Å². The number of carbonyl (C=O) groups excluding carboxylic acids is 2. The van der Waals surface area contributed by atoms with Crippen molar-refractivity contribution in [2.75, 3.05) is 6.61 Å². The maximum Gasteiger partial charge on any atom is 0.329 e. The van der Waals surface area contributed by atoms with Crippen LogP contribution in [0.3, 0.4) is 0 Å². The zero-order valence-corrected chi connectivity index (χ0v) is 11.8. The molecule has 20 heavy (non-hydrogen) atoms. The van der Waals surface area contributed by atoms with Gasteiger partial charge < -0.3 is 10.1 Å². The molecule has 0 spiro atoms. The molecule has 0 saturated heterocycles. The van der Waals surface area contributed by atoms with Crippen LogP contribution in [-0.4, -0.2) is 24.5 Å². The van der Waals surface area contributed by atoms with E-state index in [-0.39, 0.29) is 12.5 Å². The first kappa shape index (κ1) is 16.0. The summed E-state index contributed by atoms with van der Waals surface area (Å²) in [6, 6.07) is 8.88. The Morgan fingerprint density at radius 3 is 2.65 bits per heavy atom. The van der Waals surface area contributed by atoms with Crippen molar-refractivity contribution in [2.24, 2.45) is 0 Å². The summed E-state index contributed by atoms with van der Waals surface area (Å²) in [5.41, 5.74) is 0.977. The Bertz CT molecular complexity index is 442. The molecule has 1 rings (SSSR count). The molecule has 0 aliphatic rings. The highest BCUT2D eigenvalue weighted by Gasteiger charge is 2.22. The highest BCUT2D eigenvalue weighted by molar-refractivity contribution is 5.84. The SMILES string of the molecule is C=CCOC(=O)[C@H](Cc1ccccc1)NC(=O)CCC. The topological polar surface area (TPSA) is 55.4 Å². The molecule has 1 aromatic carbocycles. The molecule has 0 aliphatic carbocycles. The summed E-state index contributed by atoms with van der Waals surface area (Å²) in [6.45, 7) is 5.57. The number of hydrogen-bond acceptors (Lipinski definition) is 3. The van der Waals surface area contributed by atoms with E-state index in [9.17, 15) is 9.59 Å². The van der Waals surface area contributed by atoms with Crippen LogP contribution in [0.25, 0.3) is 0 Å². The van der Waals surface area contributed by atoms with Crippen LogP contribution in [0.2, 0.25) is 0 Å². The van der Waals surface area contributed by atoms with E-state index in [0.29, 0.717) is 12.8 Å². The van der Waals surface area contributed by atoms with Gasteiger partial charge in [-0.15, -0.1) is 0 Å². The Morgan fingerprint density at radius 2 is 2.05 bits per heavy atom. The monoisotopic (exact) mass is 275 g/mol. The average molecular weight is 275 g/mol. The van der Waals surface area contributed by atoms with Gasteiger partial charge in [0.2, 0.25) is 5.91 Å². The molecule has 0 saturated carbocycles. The molecule has 1 atom stereocenters. The molecule has 0 aliphatic heterocycles. The van der Waals surface area contributed by atoms with Crippen molar-refractivity contribution in [3.05, 3.63) is 48.6 Å². The van der Waals surface area contributed by atoms with Crippen LogP contribution >= 0.6 is 0 Å². The van der Waals surface area contributed by atoms with Gasteiger partial charge in [0.05, 0.1) is 0 Å². The Kier molecular flexibility index (Phi) is 7.11. The minimum Gasteiger partial charge on any atom is -0.460 e. The number of benzene rings is 1. The molecule has 108 valence electrons. The third kappa shape index (κ3) is 5.69. The first-order valence-electron chi connectivity index (χ1n) is 6.78. The van der Waals surface area contributed by atoms with Crippen LogP contribution in [0.5, 0.6) is 0 Å². The van der Waals surface area contributed by atoms with E-state index in [2.05, 4.69) is 11.9 Å². The third-order valence-corrected chi connectivity index (χ3v) is 2.72. The summed E-state index contributed by atoms with van der Waals surface area (Å²) in [4.78, 5) is 23.6. The van der Waals surface area contributed by atoms with Gasteiger partial charge in [-0.05, 0) is 12.0 Å². The van der Waals surface area contributed by atoms with Crippen LogP contribution in [0.4, 0.5) is 0 Å². The number of amides is 1. The minimum absolute atomic E-state index is 0.135. The second-order valence-corrected chi connectivity index (χ2v) is 4.48. The maximum absolute atomic E-state index is 12.0. The molecule has 0 aromatic heterocycles. The van der Waals surface area contributed by atoms with Gasteiger partial charge in [0, 0.05) is 12.8 Å². The molecule has 1 N–H and O–H groups in total. The van der Waals surface area contributed by atoms with E-state index in [1.165, 1.54) is 6.08 Å². The average Bonchev–Trinajstić information content (AvgIpc) is 2.45. The quantitative estimate of drug-likeness (QED) is 0.585. The molecule has 0 heterocycles. The van der Waals surface area contributed by atoms with Gasteiger partial charge in [-0.1, -0.05) is 49.9 Å². The number of rotatable bonds is 8. The van der Waals surface area contributed by atoms with Crippen LogP contribution in [-0.2, 0) is 20.7 Å². The fraction of sp³-hybridized carbons (Fsp3) is 0.375. The van der Waals surface area contributed by atoms with Crippen molar-refractivity contribution >= 4 is 11.9 Å². The number of nitrogens with one attached hydrogen (secondary N) is 1. The molecule has 0 unspecified atom stereocenters. The number of carbonyl (C=O) groups is 2. The Morgan fingerprint density at radius 1 is 1.35 bits per heavy atom. The second-order valence-electron chi connectivity index (χ2n) is 4.48. The normalized spacial score (nSPS) is 11.4. The van der Waals surface area contributed by atoms with Gasteiger partial charge >= 0.3 is 5.97 Å². The summed E-state index contributed by atoms with van der Waals surface area (Å²) in [7, 11) is 0. The fourth-order valence-electron chi connectivity index (χ4n) is 1.78. The van der Waals surface area contributed by atoms with Gasteiger partial charge in [-0.25, -0.2) is 4.79 Å². The van der Waals surface area contributed by atoms with Crippen molar-refractivity contribution in [2.45, 2.75) is 32.2 Å². The first-order valence-corrected chi connectivity index (χ1v) is 6.78. The zero-order valence-electron chi connectivity index (χ0n) is 11.8. The number of hydrogen-bond donors (Lipinski definition) is 1. The molecule has 0 fully saturated rings.